The Hall–Kier alpha value is -1.09. The second-order valence-corrected chi connectivity index (χ2v) is 4.93. The van der Waals surface area contributed by atoms with Crippen molar-refractivity contribution in [3.05, 3.63) is 29.8 Å². The molecule has 1 fully saturated rings. The van der Waals surface area contributed by atoms with Crippen LogP contribution in [0.15, 0.2) is 24.3 Å². The molecular formula is C14H20FNO. The normalized spacial score (nSPS) is 20.9. The number of hydrogen-bond acceptors (Lipinski definition) is 2. The lowest BCUT2D eigenvalue weighted by atomic mass is 9.77. The van der Waals surface area contributed by atoms with E-state index < -0.39 is 11.7 Å². The van der Waals surface area contributed by atoms with E-state index >= 15 is 0 Å². The maximum Gasteiger partial charge on any atom is 0.143 e. The Bertz CT molecular complexity index is 374. The molecule has 17 heavy (non-hydrogen) atoms. The van der Waals surface area contributed by atoms with E-state index in [1.165, 1.54) is 6.42 Å². The van der Waals surface area contributed by atoms with Crippen molar-refractivity contribution in [2.24, 2.45) is 5.73 Å². The molecule has 1 aliphatic rings. The van der Waals surface area contributed by atoms with Gasteiger partial charge < -0.3 is 10.5 Å². The summed E-state index contributed by atoms with van der Waals surface area (Å²) in [5.74, 6) is 0.685. The minimum Gasteiger partial charge on any atom is -0.497 e. The fraction of sp³-hybridized carbons (Fsp3) is 0.571. The van der Waals surface area contributed by atoms with Crippen LogP contribution in [0.3, 0.4) is 0 Å². The third-order valence-corrected chi connectivity index (χ3v) is 3.68. The van der Waals surface area contributed by atoms with E-state index in [1.54, 1.807) is 19.2 Å². The van der Waals surface area contributed by atoms with Crippen LogP contribution in [0.2, 0.25) is 0 Å². The average molecular weight is 237 g/mol. The first-order valence-electron chi connectivity index (χ1n) is 6.23. The zero-order chi connectivity index (χ0) is 12.3. The van der Waals surface area contributed by atoms with Gasteiger partial charge in [0.15, 0.2) is 0 Å². The summed E-state index contributed by atoms with van der Waals surface area (Å²) >= 11 is 0. The summed E-state index contributed by atoms with van der Waals surface area (Å²) in [6, 6.07) is 7.16. The number of alkyl halides is 1. The Morgan fingerprint density at radius 1 is 1.29 bits per heavy atom. The van der Waals surface area contributed by atoms with Crippen LogP contribution in [-0.2, 0) is 0 Å². The molecule has 1 aliphatic carbocycles. The van der Waals surface area contributed by atoms with Crippen LogP contribution < -0.4 is 10.5 Å². The predicted octanol–water partition coefficient (Wildman–Crippen LogP) is 3.37. The van der Waals surface area contributed by atoms with Gasteiger partial charge in [0, 0.05) is 0 Å². The SMILES string of the molecule is COc1cccc(C(F)C2(N)CCCCC2)c1. The van der Waals surface area contributed by atoms with E-state index in [0.717, 1.165) is 25.7 Å². The van der Waals surface area contributed by atoms with Crippen LogP contribution in [0, 0.1) is 0 Å². The maximum atomic E-state index is 14.5. The summed E-state index contributed by atoms with van der Waals surface area (Å²) in [7, 11) is 1.59. The van der Waals surface area contributed by atoms with Crippen molar-refractivity contribution in [3.63, 3.8) is 0 Å². The summed E-state index contributed by atoms with van der Waals surface area (Å²) in [5, 5.41) is 0. The smallest absolute Gasteiger partial charge is 0.143 e. The van der Waals surface area contributed by atoms with Gasteiger partial charge in [-0.3, -0.25) is 0 Å². The van der Waals surface area contributed by atoms with Gasteiger partial charge >= 0.3 is 0 Å². The molecule has 0 aliphatic heterocycles. The zero-order valence-corrected chi connectivity index (χ0v) is 10.3. The molecule has 0 amide bonds. The third-order valence-electron chi connectivity index (χ3n) is 3.68. The van der Waals surface area contributed by atoms with Crippen molar-refractivity contribution >= 4 is 0 Å². The van der Waals surface area contributed by atoms with Gasteiger partial charge in [0.25, 0.3) is 0 Å². The molecule has 0 heterocycles. The molecule has 1 unspecified atom stereocenters. The molecule has 1 saturated carbocycles. The Morgan fingerprint density at radius 3 is 2.65 bits per heavy atom. The maximum absolute atomic E-state index is 14.5. The molecule has 2 N–H and O–H groups in total. The number of ether oxygens (including phenoxy) is 1. The van der Waals surface area contributed by atoms with Gasteiger partial charge in [-0.1, -0.05) is 31.4 Å². The molecule has 94 valence electrons. The van der Waals surface area contributed by atoms with Gasteiger partial charge in [0.05, 0.1) is 12.6 Å². The highest BCUT2D eigenvalue weighted by atomic mass is 19.1. The lowest BCUT2D eigenvalue weighted by Crippen LogP contribution is -2.45. The lowest BCUT2D eigenvalue weighted by molar-refractivity contribution is 0.143. The third kappa shape index (κ3) is 2.60. The summed E-state index contributed by atoms with van der Waals surface area (Å²) in [4.78, 5) is 0. The molecule has 0 saturated heterocycles. The summed E-state index contributed by atoms with van der Waals surface area (Å²) in [6.45, 7) is 0. The van der Waals surface area contributed by atoms with E-state index in [2.05, 4.69) is 0 Å². The van der Waals surface area contributed by atoms with Crippen molar-refractivity contribution in [1.29, 1.82) is 0 Å². The first kappa shape index (κ1) is 12.4. The largest absolute Gasteiger partial charge is 0.497 e. The summed E-state index contributed by atoms with van der Waals surface area (Å²) in [5.41, 5.74) is 6.15. The van der Waals surface area contributed by atoms with E-state index in [-0.39, 0.29) is 0 Å². The number of rotatable bonds is 3. The van der Waals surface area contributed by atoms with E-state index in [4.69, 9.17) is 10.5 Å². The Kier molecular flexibility index (Phi) is 3.67. The fourth-order valence-corrected chi connectivity index (χ4v) is 2.59. The van der Waals surface area contributed by atoms with E-state index in [0.29, 0.717) is 11.3 Å². The Morgan fingerprint density at radius 2 is 2.00 bits per heavy atom. The van der Waals surface area contributed by atoms with Crippen molar-refractivity contribution in [1.82, 2.24) is 0 Å². The number of methoxy groups -OCH3 is 1. The molecular weight excluding hydrogens is 217 g/mol. The highest BCUT2D eigenvalue weighted by Crippen LogP contribution is 2.39. The van der Waals surface area contributed by atoms with Crippen LogP contribution in [0.5, 0.6) is 5.75 Å². The van der Waals surface area contributed by atoms with Crippen molar-refractivity contribution in [2.75, 3.05) is 7.11 Å². The van der Waals surface area contributed by atoms with Crippen LogP contribution in [0.4, 0.5) is 4.39 Å². The van der Waals surface area contributed by atoms with Crippen LogP contribution in [0.25, 0.3) is 0 Å². The zero-order valence-electron chi connectivity index (χ0n) is 10.3. The van der Waals surface area contributed by atoms with Crippen molar-refractivity contribution in [3.8, 4) is 5.75 Å². The van der Waals surface area contributed by atoms with Crippen LogP contribution >= 0.6 is 0 Å². The molecule has 1 aromatic carbocycles. The first-order valence-corrected chi connectivity index (χ1v) is 6.23. The Labute approximate surface area is 102 Å². The fourth-order valence-electron chi connectivity index (χ4n) is 2.59. The number of benzene rings is 1. The van der Waals surface area contributed by atoms with Gasteiger partial charge in [0.1, 0.15) is 11.9 Å². The van der Waals surface area contributed by atoms with Gasteiger partial charge in [-0.15, -0.1) is 0 Å². The molecule has 2 nitrogen and oxygen atoms in total. The molecule has 2 rings (SSSR count). The van der Waals surface area contributed by atoms with Gasteiger partial charge in [0.2, 0.25) is 0 Å². The second-order valence-electron chi connectivity index (χ2n) is 4.93. The molecule has 1 aromatic rings. The lowest BCUT2D eigenvalue weighted by Gasteiger charge is -2.36. The number of halogens is 1. The van der Waals surface area contributed by atoms with Crippen molar-refractivity contribution in [2.45, 2.75) is 43.8 Å². The van der Waals surface area contributed by atoms with E-state index in [9.17, 15) is 4.39 Å². The monoisotopic (exact) mass is 237 g/mol. The van der Waals surface area contributed by atoms with Crippen molar-refractivity contribution < 1.29 is 9.13 Å². The van der Waals surface area contributed by atoms with Gasteiger partial charge in [-0.05, 0) is 30.5 Å². The second kappa shape index (κ2) is 5.05. The van der Waals surface area contributed by atoms with Gasteiger partial charge in [-0.25, -0.2) is 4.39 Å². The molecule has 1 atom stereocenters. The Balaban J connectivity index is 2.19. The highest BCUT2D eigenvalue weighted by Gasteiger charge is 2.37. The quantitative estimate of drug-likeness (QED) is 0.874. The van der Waals surface area contributed by atoms with Crippen LogP contribution in [0.1, 0.15) is 43.8 Å². The molecule has 3 heteroatoms. The average Bonchev–Trinajstić information content (AvgIpc) is 2.39. The minimum atomic E-state index is -1.10. The predicted molar refractivity (Wildman–Crippen MR) is 66.8 cm³/mol. The summed E-state index contributed by atoms with van der Waals surface area (Å²) < 4.78 is 19.7. The van der Waals surface area contributed by atoms with Gasteiger partial charge in [-0.2, -0.15) is 0 Å². The highest BCUT2D eigenvalue weighted by molar-refractivity contribution is 5.31. The minimum absolute atomic E-state index is 0.633. The molecule has 0 radical (unpaired) electrons. The standard InChI is InChI=1S/C14H20FNO/c1-17-12-7-5-6-11(10-12)13(15)14(16)8-3-2-4-9-14/h5-7,10,13H,2-4,8-9,16H2,1H3. The molecule has 0 spiro atoms. The van der Waals surface area contributed by atoms with E-state index in [1.807, 2.05) is 12.1 Å². The molecule has 0 bridgehead atoms. The summed E-state index contributed by atoms with van der Waals surface area (Å²) in [6.07, 6.45) is 3.67. The number of hydrogen-bond donors (Lipinski definition) is 1. The first-order chi connectivity index (χ1) is 8.15. The number of nitrogens with two attached hydrogens (primary N) is 1. The van der Waals surface area contributed by atoms with Crippen LogP contribution in [-0.4, -0.2) is 12.6 Å². The molecule has 0 aromatic heterocycles. The topological polar surface area (TPSA) is 35.2 Å².